The molecule has 0 radical (unpaired) electrons. The monoisotopic (exact) mass is 262 g/mol. The molecule has 1 nitrogen and oxygen atoms in total. The highest BCUT2D eigenvalue weighted by atomic mass is 35.5. The van der Waals surface area contributed by atoms with Gasteiger partial charge in [0.15, 0.2) is 0 Å². The van der Waals surface area contributed by atoms with Gasteiger partial charge < -0.3 is 0 Å². The van der Waals surface area contributed by atoms with E-state index in [1.807, 2.05) is 26.0 Å². The van der Waals surface area contributed by atoms with E-state index < -0.39 is 0 Å². The Morgan fingerprint density at radius 3 is 1.44 bits per heavy atom. The molecule has 2 aromatic rings. The van der Waals surface area contributed by atoms with Gasteiger partial charge in [-0.2, -0.15) is 0 Å². The molecule has 2 aromatic carbocycles. The SMILES string of the molecule is CC(C)COCl.c1ccc(-c2ccccc2)cc1. The van der Waals surface area contributed by atoms with E-state index in [1.165, 1.54) is 11.1 Å². The molecular formula is C16H19ClO. The third-order valence-corrected chi connectivity index (χ3v) is 2.40. The first-order chi connectivity index (χ1) is 8.74. The second-order valence-corrected chi connectivity index (χ2v) is 4.62. The van der Waals surface area contributed by atoms with E-state index >= 15 is 0 Å². The van der Waals surface area contributed by atoms with Crippen molar-refractivity contribution in [2.24, 2.45) is 5.92 Å². The maximum atomic E-state index is 4.90. The van der Waals surface area contributed by atoms with Crippen LogP contribution in [0.25, 0.3) is 11.1 Å². The van der Waals surface area contributed by atoms with E-state index in [0.29, 0.717) is 12.5 Å². The predicted molar refractivity (Wildman–Crippen MR) is 78.5 cm³/mol. The summed E-state index contributed by atoms with van der Waals surface area (Å²) in [4.78, 5) is 0. The van der Waals surface area contributed by atoms with E-state index in [4.69, 9.17) is 11.9 Å². The second kappa shape index (κ2) is 8.73. The first-order valence-electron chi connectivity index (χ1n) is 6.08. The molecule has 0 aliphatic rings. The molecule has 0 aliphatic carbocycles. The molecular weight excluding hydrogens is 244 g/mol. The van der Waals surface area contributed by atoms with Crippen molar-refractivity contribution in [3.8, 4) is 11.1 Å². The van der Waals surface area contributed by atoms with Crippen molar-refractivity contribution in [2.75, 3.05) is 6.61 Å². The number of hydrogen-bond donors (Lipinski definition) is 0. The minimum Gasteiger partial charge on any atom is -0.279 e. The largest absolute Gasteiger partial charge is 0.279 e. The van der Waals surface area contributed by atoms with E-state index in [1.54, 1.807) is 0 Å². The van der Waals surface area contributed by atoms with Crippen LogP contribution >= 0.6 is 11.9 Å². The lowest BCUT2D eigenvalue weighted by Crippen LogP contribution is -1.92. The highest BCUT2D eigenvalue weighted by Crippen LogP contribution is 2.17. The zero-order chi connectivity index (χ0) is 13.2. The highest BCUT2D eigenvalue weighted by Gasteiger charge is 1.91. The Hall–Kier alpha value is -1.31. The van der Waals surface area contributed by atoms with Crippen LogP contribution in [0.1, 0.15) is 13.8 Å². The number of rotatable bonds is 3. The maximum Gasteiger partial charge on any atom is 0.0705 e. The Morgan fingerprint density at radius 1 is 0.833 bits per heavy atom. The van der Waals surface area contributed by atoms with Gasteiger partial charge in [-0.1, -0.05) is 74.5 Å². The van der Waals surface area contributed by atoms with Crippen LogP contribution in [-0.4, -0.2) is 6.61 Å². The predicted octanol–water partition coefficient (Wildman–Crippen LogP) is 5.17. The third-order valence-electron chi connectivity index (χ3n) is 2.28. The van der Waals surface area contributed by atoms with Crippen molar-refractivity contribution < 1.29 is 4.29 Å². The van der Waals surface area contributed by atoms with Gasteiger partial charge in [0.05, 0.1) is 18.5 Å². The first kappa shape index (κ1) is 14.7. The Bertz CT molecular complexity index is 374. The summed E-state index contributed by atoms with van der Waals surface area (Å²) in [5.41, 5.74) is 2.55. The molecule has 2 rings (SSSR count). The van der Waals surface area contributed by atoms with Crippen LogP contribution < -0.4 is 0 Å². The highest BCUT2D eigenvalue weighted by molar-refractivity contribution is 6.07. The van der Waals surface area contributed by atoms with Gasteiger partial charge in [-0.25, -0.2) is 0 Å². The molecule has 0 bridgehead atoms. The normalized spacial score (nSPS) is 9.78. The molecule has 18 heavy (non-hydrogen) atoms. The lowest BCUT2D eigenvalue weighted by atomic mass is 10.1. The van der Waals surface area contributed by atoms with Crippen LogP contribution in [0.2, 0.25) is 0 Å². The number of hydrogen-bond acceptors (Lipinski definition) is 1. The number of benzene rings is 2. The molecule has 0 aromatic heterocycles. The summed E-state index contributed by atoms with van der Waals surface area (Å²) in [6.07, 6.45) is 0. The van der Waals surface area contributed by atoms with Crippen LogP contribution in [0.4, 0.5) is 0 Å². The smallest absolute Gasteiger partial charge is 0.0705 e. The average Bonchev–Trinajstić information content (AvgIpc) is 2.41. The maximum absolute atomic E-state index is 4.90. The standard InChI is InChI=1S/C12H10.C4H9ClO/c1-3-7-11(8-4-1)12-9-5-2-6-10-12;1-4(2)3-6-5/h1-10H;4H,3H2,1-2H3. The summed E-state index contributed by atoms with van der Waals surface area (Å²) >= 11 is 4.90. The fourth-order valence-corrected chi connectivity index (χ4v) is 1.64. The second-order valence-electron chi connectivity index (χ2n) is 4.40. The molecule has 0 atom stereocenters. The topological polar surface area (TPSA) is 9.23 Å². The van der Waals surface area contributed by atoms with Crippen molar-refractivity contribution >= 4 is 11.9 Å². The van der Waals surface area contributed by atoms with Crippen molar-refractivity contribution in [1.82, 2.24) is 0 Å². The number of halogens is 1. The van der Waals surface area contributed by atoms with E-state index in [9.17, 15) is 0 Å². The van der Waals surface area contributed by atoms with E-state index in [-0.39, 0.29) is 0 Å². The van der Waals surface area contributed by atoms with E-state index in [2.05, 4.69) is 52.8 Å². The van der Waals surface area contributed by atoms with E-state index in [0.717, 1.165) is 0 Å². The zero-order valence-corrected chi connectivity index (χ0v) is 11.6. The first-order valence-corrected chi connectivity index (χ1v) is 6.39. The fourth-order valence-electron chi connectivity index (χ4n) is 1.39. The van der Waals surface area contributed by atoms with Crippen molar-refractivity contribution in [2.45, 2.75) is 13.8 Å². The molecule has 0 saturated carbocycles. The van der Waals surface area contributed by atoms with Gasteiger partial charge in [0.2, 0.25) is 0 Å². The Labute approximate surface area is 115 Å². The average molecular weight is 263 g/mol. The molecule has 0 unspecified atom stereocenters. The summed E-state index contributed by atoms with van der Waals surface area (Å²) < 4.78 is 4.28. The van der Waals surface area contributed by atoms with Gasteiger partial charge in [0, 0.05) is 0 Å². The van der Waals surface area contributed by atoms with Gasteiger partial charge in [-0.15, -0.1) is 0 Å². The summed E-state index contributed by atoms with van der Waals surface area (Å²) in [5, 5.41) is 0. The van der Waals surface area contributed by atoms with Crippen molar-refractivity contribution in [3.05, 3.63) is 60.7 Å². The minimum absolute atomic E-state index is 0.544. The van der Waals surface area contributed by atoms with Crippen LogP contribution in [0.3, 0.4) is 0 Å². The molecule has 96 valence electrons. The molecule has 0 amide bonds. The summed E-state index contributed by atoms with van der Waals surface area (Å²) in [7, 11) is 0. The Balaban J connectivity index is 0.000000232. The third kappa shape index (κ3) is 5.85. The molecule has 0 saturated heterocycles. The minimum atomic E-state index is 0.544. The fraction of sp³-hybridized carbons (Fsp3) is 0.250. The lowest BCUT2D eigenvalue weighted by molar-refractivity contribution is 0.297. The summed E-state index contributed by atoms with van der Waals surface area (Å²) in [6, 6.07) is 20.8. The lowest BCUT2D eigenvalue weighted by Gasteiger charge is -1.98. The van der Waals surface area contributed by atoms with Crippen molar-refractivity contribution in [3.63, 3.8) is 0 Å². The zero-order valence-electron chi connectivity index (χ0n) is 10.8. The molecule has 2 heteroatoms. The molecule has 0 heterocycles. The summed E-state index contributed by atoms with van der Waals surface area (Å²) in [5.74, 6) is 0.544. The van der Waals surface area contributed by atoms with Gasteiger partial charge in [-0.3, -0.25) is 4.29 Å². The molecule has 0 aliphatic heterocycles. The van der Waals surface area contributed by atoms with Crippen LogP contribution in [-0.2, 0) is 4.29 Å². The quantitative estimate of drug-likeness (QED) is 0.742. The van der Waals surface area contributed by atoms with Gasteiger partial charge in [0.25, 0.3) is 0 Å². The van der Waals surface area contributed by atoms with Gasteiger partial charge >= 0.3 is 0 Å². The molecule has 0 N–H and O–H groups in total. The molecule has 0 spiro atoms. The van der Waals surface area contributed by atoms with Crippen LogP contribution in [0.5, 0.6) is 0 Å². The Morgan fingerprint density at radius 2 is 1.22 bits per heavy atom. The van der Waals surface area contributed by atoms with Crippen LogP contribution in [0, 0.1) is 5.92 Å². The Kier molecular flexibility index (Phi) is 7.16. The summed E-state index contributed by atoms with van der Waals surface area (Å²) in [6.45, 7) is 4.73. The molecule has 0 fully saturated rings. The van der Waals surface area contributed by atoms with Gasteiger partial charge in [-0.05, 0) is 17.0 Å². The van der Waals surface area contributed by atoms with Gasteiger partial charge in [0.1, 0.15) is 0 Å². The van der Waals surface area contributed by atoms with Crippen LogP contribution in [0.15, 0.2) is 60.7 Å². The van der Waals surface area contributed by atoms with Crippen molar-refractivity contribution in [1.29, 1.82) is 0 Å².